The second-order valence-electron chi connectivity index (χ2n) is 5.45. The normalized spacial score (nSPS) is 15.2. The monoisotopic (exact) mass is 347 g/mol. The minimum Gasteiger partial charge on any atom is -0.379 e. The second-order valence-corrected chi connectivity index (χ2v) is 6.49. The van der Waals surface area contributed by atoms with E-state index in [0.29, 0.717) is 18.0 Å². The van der Waals surface area contributed by atoms with Crippen LogP contribution in [-0.4, -0.2) is 60.2 Å². The first-order valence-corrected chi connectivity index (χ1v) is 8.80. The Kier molecular flexibility index (Phi) is 6.11. The molecule has 1 aliphatic heterocycles. The van der Waals surface area contributed by atoms with Crippen LogP contribution >= 0.6 is 11.3 Å². The van der Waals surface area contributed by atoms with Gasteiger partial charge in [-0.05, 0) is 11.6 Å². The lowest BCUT2D eigenvalue weighted by atomic mass is 10.3. The molecule has 0 atom stereocenters. The highest BCUT2D eigenvalue weighted by molar-refractivity contribution is 7.17. The van der Waals surface area contributed by atoms with Gasteiger partial charge in [-0.2, -0.15) is 0 Å². The Morgan fingerprint density at radius 1 is 1.33 bits per heavy atom. The molecular formula is C16H21N5O2S. The quantitative estimate of drug-likeness (QED) is 0.784. The number of morpholine rings is 1. The number of anilines is 1. The van der Waals surface area contributed by atoms with Crippen LogP contribution in [0, 0.1) is 0 Å². The number of carbonyl (C=O) groups is 1. The summed E-state index contributed by atoms with van der Waals surface area (Å²) < 4.78 is 5.31. The van der Waals surface area contributed by atoms with E-state index in [9.17, 15) is 4.79 Å². The number of thiazole rings is 1. The van der Waals surface area contributed by atoms with Crippen molar-refractivity contribution in [2.75, 3.05) is 44.7 Å². The van der Waals surface area contributed by atoms with Crippen molar-refractivity contribution in [3.05, 3.63) is 41.2 Å². The largest absolute Gasteiger partial charge is 0.379 e. The zero-order chi connectivity index (χ0) is 16.6. The van der Waals surface area contributed by atoms with Gasteiger partial charge >= 0.3 is 0 Å². The van der Waals surface area contributed by atoms with E-state index in [4.69, 9.17) is 4.74 Å². The molecule has 3 rings (SSSR count). The van der Waals surface area contributed by atoms with Gasteiger partial charge in [0.15, 0.2) is 5.13 Å². The molecule has 0 aromatic carbocycles. The topological polar surface area (TPSA) is 79.4 Å². The second kappa shape index (κ2) is 8.72. The van der Waals surface area contributed by atoms with Crippen LogP contribution < -0.4 is 10.6 Å². The van der Waals surface area contributed by atoms with E-state index in [-0.39, 0.29) is 5.91 Å². The molecule has 0 unspecified atom stereocenters. The predicted octanol–water partition coefficient (Wildman–Crippen LogP) is 1.21. The fraction of sp³-hybridized carbons (Fsp3) is 0.438. The molecule has 0 radical (unpaired) electrons. The summed E-state index contributed by atoms with van der Waals surface area (Å²) in [6.07, 6.45) is 5.16. The highest BCUT2D eigenvalue weighted by atomic mass is 32.1. The number of aromatic nitrogens is 2. The molecule has 1 saturated heterocycles. The molecule has 0 spiro atoms. The van der Waals surface area contributed by atoms with Gasteiger partial charge in [-0.25, -0.2) is 4.98 Å². The smallest absolute Gasteiger partial charge is 0.263 e. The van der Waals surface area contributed by atoms with Gasteiger partial charge in [0.1, 0.15) is 4.88 Å². The van der Waals surface area contributed by atoms with Gasteiger partial charge in [0.25, 0.3) is 5.91 Å². The first-order valence-electron chi connectivity index (χ1n) is 7.98. The van der Waals surface area contributed by atoms with Crippen molar-refractivity contribution < 1.29 is 9.53 Å². The van der Waals surface area contributed by atoms with Crippen LogP contribution in [0.3, 0.4) is 0 Å². The Morgan fingerprint density at radius 3 is 3.00 bits per heavy atom. The number of hydrogen-bond acceptors (Lipinski definition) is 7. The van der Waals surface area contributed by atoms with Gasteiger partial charge in [0.05, 0.1) is 19.4 Å². The maximum absolute atomic E-state index is 12.2. The average molecular weight is 347 g/mol. The Balaban J connectivity index is 1.41. The number of ether oxygens (including phenoxy) is 1. The molecule has 1 fully saturated rings. The van der Waals surface area contributed by atoms with E-state index in [2.05, 4.69) is 25.5 Å². The molecule has 2 aromatic rings. The summed E-state index contributed by atoms with van der Waals surface area (Å²) in [5.74, 6) is -0.0739. The van der Waals surface area contributed by atoms with Crippen LogP contribution in [0.4, 0.5) is 5.13 Å². The number of nitrogens with one attached hydrogen (secondary N) is 2. The molecule has 128 valence electrons. The van der Waals surface area contributed by atoms with Crippen LogP contribution in [0.5, 0.6) is 0 Å². The molecular weight excluding hydrogens is 326 g/mol. The highest BCUT2D eigenvalue weighted by Gasteiger charge is 2.12. The van der Waals surface area contributed by atoms with E-state index in [1.165, 1.54) is 11.3 Å². The van der Waals surface area contributed by atoms with Crippen LogP contribution in [0.15, 0.2) is 30.7 Å². The van der Waals surface area contributed by atoms with Gasteiger partial charge in [-0.1, -0.05) is 17.4 Å². The molecule has 0 saturated carbocycles. The number of pyridine rings is 1. The zero-order valence-electron chi connectivity index (χ0n) is 13.4. The van der Waals surface area contributed by atoms with E-state index in [1.54, 1.807) is 18.6 Å². The van der Waals surface area contributed by atoms with Crippen LogP contribution in [0.1, 0.15) is 15.2 Å². The standard InChI is InChI=1S/C16H21N5O2S/c22-15(18-4-5-21-6-8-23-9-7-21)14-12-20-16(24-14)19-11-13-2-1-3-17-10-13/h1-3,10,12H,4-9,11H2,(H,18,22)(H,19,20). The van der Waals surface area contributed by atoms with Crippen LogP contribution in [0.2, 0.25) is 0 Å². The lowest BCUT2D eigenvalue weighted by molar-refractivity contribution is 0.0383. The van der Waals surface area contributed by atoms with Crippen molar-refractivity contribution in [3.8, 4) is 0 Å². The van der Waals surface area contributed by atoms with Crippen molar-refractivity contribution >= 4 is 22.4 Å². The lowest BCUT2D eigenvalue weighted by Gasteiger charge is -2.26. The molecule has 1 amide bonds. The Hall–Kier alpha value is -2.03. The molecule has 2 aromatic heterocycles. The lowest BCUT2D eigenvalue weighted by Crippen LogP contribution is -2.41. The number of rotatable bonds is 7. The van der Waals surface area contributed by atoms with Crippen LogP contribution in [0.25, 0.3) is 0 Å². The molecule has 1 aliphatic rings. The van der Waals surface area contributed by atoms with Gasteiger partial charge in [0.2, 0.25) is 0 Å². The fourth-order valence-electron chi connectivity index (χ4n) is 2.38. The molecule has 24 heavy (non-hydrogen) atoms. The molecule has 2 N–H and O–H groups in total. The molecule has 3 heterocycles. The summed E-state index contributed by atoms with van der Waals surface area (Å²) in [6, 6.07) is 3.89. The summed E-state index contributed by atoms with van der Waals surface area (Å²) in [7, 11) is 0. The third kappa shape index (κ3) is 4.98. The van der Waals surface area contributed by atoms with Crippen molar-refractivity contribution in [3.63, 3.8) is 0 Å². The Morgan fingerprint density at radius 2 is 2.21 bits per heavy atom. The summed E-state index contributed by atoms with van der Waals surface area (Å²) in [6.45, 7) is 5.52. The van der Waals surface area contributed by atoms with Gasteiger partial charge in [-0.15, -0.1) is 0 Å². The first kappa shape index (κ1) is 16.8. The minimum atomic E-state index is -0.0739. The summed E-state index contributed by atoms with van der Waals surface area (Å²) in [5, 5.41) is 6.89. The van der Waals surface area contributed by atoms with E-state index in [0.717, 1.165) is 43.5 Å². The van der Waals surface area contributed by atoms with E-state index < -0.39 is 0 Å². The summed E-state index contributed by atoms with van der Waals surface area (Å²) in [5.41, 5.74) is 1.07. The third-order valence-electron chi connectivity index (χ3n) is 3.71. The fourth-order valence-corrected chi connectivity index (χ4v) is 3.11. The maximum atomic E-state index is 12.2. The maximum Gasteiger partial charge on any atom is 0.263 e. The SMILES string of the molecule is O=C(NCCN1CCOCC1)c1cnc(NCc2cccnc2)s1. The molecule has 0 aliphatic carbocycles. The van der Waals surface area contributed by atoms with Gasteiger partial charge in [0, 0.05) is 45.1 Å². The molecule has 8 heteroatoms. The molecule has 7 nitrogen and oxygen atoms in total. The van der Waals surface area contributed by atoms with Gasteiger partial charge in [-0.3, -0.25) is 14.7 Å². The van der Waals surface area contributed by atoms with E-state index >= 15 is 0 Å². The van der Waals surface area contributed by atoms with Crippen molar-refractivity contribution in [1.82, 2.24) is 20.2 Å². The van der Waals surface area contributed by atoms with Crippen molar-refractivity contribution in [2.45, 2.75) is 6.54 Å². The number of nitrogens with zero attached hydrogens (tertiary/aromatic N) is 3. The Labute approximate surface area is 145 Å². The van der Waals surface area contributed by atoms with Gasteiger partial charge < -0.3 is 15.4 Å². The third-order valence-corrected chi connectivity index (χ3v) is 4.67. The van der Waals surface area contributed by atoms with Crippen LogP contribution in [-0.2, 0) is 11.3 Å². The number of hydrogen-bond donors (Lipinski definition) is 2. The average Bonchev–Trinajstić information content (AvgIpc) is 3.11. The minimum absolute atomic E-state index is 0.0739. The number of amides is 1. The van der Waals surface area contributed by atoms with Crippen molar-refractivity contribution in [1.29, 1.82) is 0 Å². The first-order chi connectivity index (χ1) is 11.8. The Bertz CT molecular complexity index is 643. The molecule has 0 bridgehead atoms. The number of carbonyl (C=O) groups excluding carboxylic acids is 1. The predicted molar refractivity (Wildman–Crippen MR) is 93.3 cm³/mol. The van der Waals surface area contributed by atoms with Crippen molar-refractivity contribution in [2.24, 2.45) is 0 Å². The summed E-state index contributed by atoms with van der Waals surface area (Å²) >= 11 is 1.36. The highest BCUT2D eigenvalue weighted by Crippen LogP contribution is 2.18. The summed E-state index contributed by atoms with van der Waals surface area (Å²) in [4.78, 5) is 23.4. The van der Waals surface area contributed by atoms with E-state index in [1.807, 2.05) is 12.1 Å². The zero-order valence-corrected chi connectivity index (χ0v) is 14.2.